The summed E-state index contributed by atoms with van der Waals surface area (Å²) in [5, 5.41) is 9.86. The predicted molar refractivity (Wildman–Crippen MR) is 53.5 cm³/mol. The van der Waals surface area contributed by atoms with Crippen molar-refractivity contribution in [1.82, 2.24) is 4.98 Å². The zero-order chi connectivity index (χ0) is 9.26. The first kappa shape index (κ1) is 8.13. The summed E-state index contributed by atoms with van der Waals surface area (Å²) in [5.41, 5.74) is 8.52. The van der Waals surface area contributed by atoms with Gasteiger partial charge >= 0.3 is 0 Å². The van der Waals surface area contributed by atoms with Crippen molar-refractivity contribution < 1.29 is 5.11 Å². The number of fused-ring (bicyclic) bond motifs is 1. The second kappa shape index (κ2) is 3.11. The van der Waals surface area contributed by atoms with Crippen LogP contribution in [0.25, 0.3) is 10.9 Å². The molecule has 0 atom stereocenters. The van der Waals surface area contributed by atoms with Crippen LogP contribution in [0.1, 0.15) is 5.69 Å². The van der Waals surface area contributed by atoms with Gasteiger partial charge in [-0.05, 0) is 24.3 Å². The third kappa shape index (κ3) is 1.51. The molecule has 0 fully saturated rings. The smallest absolute Gasteiger partial charge is 0.0485 e. The highest BCUT2D eigenvalue weighted by atomic mass is 16.3. The number of hydrogen-bond donors (Lipinski definition) is 3. The minimum absolute atomic E-state index is 0.169. The van der Waals surface area contributed by atoms with Crippen molar-refractivity contribution in [3.63, 3.8) is 0 Å². The lowest BCUT2D eigenvalue weighted by atomic mass is 10.2. The Kier molecular flexibility index (Phi) is 1.94. The van der Waals surface area contributed by atoms with Gasteiger partial charge in [-0.25, -0.2) is 0 Å². The van der Waals surface area contributed by atoms with Crippen molar-refractivity contribution in [2.24, 2.45) is 0 Å². The quantitative estimate of drug-likeness (QED) is 0.604. The summed E-state index contributed by atoms with van der Waals surface area (Å²) >= 11 is 0. The monoisotopic (exact) mass is 176 g/mol. The van der Waals surface area contributed by atoms with Crippen LogP contribution < -0.4 is 5.73 Å². The molecule has 0 unspecified atom stereocenters. The molecule has 68 valence electrons. The third-order valence-electron chi connectivity index (χ3n) is 2.08. The van der Waals surface area contributed by atoms with Crippen molar-refractivity contribution >= 4 is 16.6 Å². The molecule has 0 spiro atoms. The summed E-state index contributed by atoms with van der Waals surface area (Å²) in [6.07, 6.45) is 0.661. The van der Waals surface area contributed by atoms with E-state index in [0.717, 1.165) is 22.3 Å². The fourth-order valence-corrected chi connectivity index (χ4v) is 1.47. The lowest BCUT2D eigenvalue weighted by Gasteiger charge is -1.91. The molecule has 0 bridgehead atoms. The number of benzene rings is 1. The maximum absolute atomic E-state index is 8.75. The summed E-state index contributed by atoms with van der Waals surface area (Å²) in [4.78, 5) is 3.21. The Bertz CT molecular complexity index is 420. The molecule has 2 aromatic rings. The highest BCUT2D eigenvalue weighted by molar-refractivity contribution is 5.83. The average molecular weight is 176 g/mol. The first-order valence-electron chi connectivity index (χ1n) is 4.27. The van der Waals surface area contributed by atoms with Gasteiger partial charge in [0.05, 0.1) is 0 Å². The fraction of sp³-hybridized carbons (Fsp3) is 0.200. The summed E-state index contributed by atoms with van der Waals surface area (Å²) in [7, 11) is 0. The minimum Gasteiger partial charge on any atom is -0.399 e. The maximum Gasteiger partial charge on any atom is 0.0485 e. The molecule has 3 heteroatoms. The van der Waals surface area contributed by atoms with Gasteiger partial charge < -0.3 is 15.8 Å². The third-order valence-corrected chi connectivity index (χ3v) is 2.08. The van der Waals surface area contributed by atoms with E-state index in [2.05, 4.69) is 4.98 Å². The molecular weight excluding hydrogens is 164 g/mol. The van der Waals surface area contributed by atoms with E-state index in [9.17, 15) is 0 Å². The van der Waals surface area contributed by atoms with Crippen molar-refractivity contribution in [3.8, 4) is 0 Å². The second-order valence-corrected chi connectivity index (χ2v) is 3.11. The maximum atomic E-state index is 8.75. The topological polar surface area (TPSA) is 62.0 Å². The van der Waals surface area contributed by atoms with Crippen LogP contribution in [0.5, 0.6) is 0 Å². The van der Waals surface area contributed by atoms with Crippen LogP contribution in [0.2, 0.25) is 0 Å². The molecule has 0 amide bonds. The summed E-state index contributed by atoms with van der Waals surface area (Å²) in [6, 6.07) is 7.75. The first-order valence-corrected chi connectivity index (χ1v) is 4.27. The lowest BCUT2D eigenvalue weighted by Crippen LogP contribution is -1.88. The van der Waals surface area contributed by atoms with Crippen molar-refractivity contribution in [2.75, 3.05) is 12.3 Å². The molecule has 4 N–H and O–H groups in total. The van der Waals surface area contributed by atoms with Crippen molar-refractivity contribution in [1.29, 1.82) is 0 Å². The second-order valence-electron chi connectivity index (χ2n) is 3.11. The summed E-state index contributed by atoms with van der Waals surface area (Å²) in [5.74, 6) is 0. The number of nitrogens with two attached hydrogens (primary N) is 1. The van der Waals surface area contributed by atoms with Gasteiger partial charge in [0.2, 0.25) is 0 Å². The van der Waals surface area contributed by atoms with Gasteiger partial charge in [0, 0.05) is 35.3 Å². The number of aliphatic hydroxyl groups is 1. The van der Waals surface area contributed by atoms with Crippen LogP contribution in [0.4, 0.5) is 5.69 Å². The lowest BCUT2D eigenvalue weighted by molar-refractivity contribution is 0.298. The largest absolute Gasteiger partial charge is 0.399 e. The van der Waals surface area contributed by atoms with E-state index in [1.54, 1.807) is 0 Å². The van der Waals surface area contributed by atoms with E-state index in [0.29, 0.717) is 6.42 Å². The Morgan fingerprint density at radius 2 is 2.15 bits per heavy atom. The van der Waals surface area contributed by atoms with E-state index < -0.39 is 0 Å². The molecule has 1 aromatic heterocycles. The molecule has 0 radical (unpaired) electrons. The number of nitrogen functional groups attached to an aromatic ring is 1. The van der Waals surface area contributed by atoms with E-state index in [4.69, 9.17) is 10.8 Å². The molecule has 0 saturated carbocycles. The molecule has 3 nitrogen and oxygen atoms in total. The van der Waals surface area contributed by atoms with Gasteiger partial charge in [0.15, 0.2) is 0 Å². The number of anilines is 1. The van der Waals surface area contributed by atoms with Gasteiger partial charge in [0.1, 0.15) is 0 Å². The number of aromatic nitrogens is 1. The van der Waals surface area contributed by atoms with Gasteiger partial charge in [0.25, 0.3) is 0 Å². The molecule has 2 rings (SSSR count). The van der Waals surface area contributed by atoms with Crippen LogP contribution in [0.3, 0.4) is 0 Å². The van der Waals surface area contributed by atoms with Crippen LogP contribution in [0, 0.1) is 0 Å². The van der Waals surface area contributed by atoms with E-state index in [1.165, 1.54) is 0 Å². The fourth-order valence-electron chi connectivity index (χ4n) is 1.47. The normalized spacial score (nSPS) is 10.8. The zero-order valence-corrected chi connectivity index (χ0v) is 7.25. The van der Waals surface area contributed by atoms with E-state index in [1.807, 2.05) is 24.3 Å². The van der Waals surface area contributed by atoms with Crippen molar-refractivity contribution in [3.05, 3.63) is 30.0 Å². The van der Waals surface area contributed by atoms with Gasteiger partial charge in [-0.3, -0.25) is 0 Å². The number of H-pyrrole nitrogens is 1. The molecule has 1 aromatic carbocycles. The Morgan fingerprint density at radius 1 is 1.31 bits per heavy atom. The Morgan fingerprint density at radius 3 is 2.92 bits per heavy atom. The number of aromatic amines is 1. The summed E-state index contributed by atoms with van der Waals surface area (Å²) < 4.78 is 0. The Balaban J connectivity index is 2.49. The minimum atomic E-state index is 0.169. The molecule has 0 aliphatic rings. The predicted octanol–water partition coefficient (Wildman–Crippen LogP) is 1.28. The molecule has 0 aliphatic carbocycles. The first-order chi connectivity index (χ1) is 6.29. The van der Waals surface area contributed by atoms with Crippen LogP contribution in [-0.4, -0.2) is 16.7 Å². The van der Waals surface area contributed by atoms with Gasteiger partial charge in [-0.2, -0.15) is 0 Å². The van der Waals surface area contributed by atoms with Crippen LogP contribution in [0.15, 0.2) is 24.3 Å². The molecule has 0 aliphatic heterocycles. The zero-order valence-electron chi connectivity index (χ0n) is 7.25. The van der Waals surface area contributed by atoms with Crippen molar-refractivity contribution in [2.45, 2.75) is 6.42 Å². The number of aliphatic hydroxyl groups excluding tert-OH is 1. The van der Waals surface area contributed by atoms with E-state index in [-0.39, 0.29) is 6.61 Å². The van der Waals surface area contributed by atoms with E-state index >= 15 is 0 Å². The number of rotatable bonds is 2. The SMILES string of the molecule is Nc1ccc2[nH]c(CCO)cc2c1. The highest BCUT2D eigenvalue weighted by Gasteiger charge is 1.99. The molecular formula is C10H12N2O. The molecule has 0 saturated heterocycles. The van der Waals surface area contributed by atoms with Gasteiger partial charge in [-0.1, -0.05) is 0 Å². The summed E-state index contributed by atoms with van der Waals surface area (Å²) in [6.45, 7) is 0.169. The Labute approximate surface area is 76.2 Å². The Hall–Kier alpha value is -1.48. The van der Waals surface area contributed by atoms with Crippen LogP contribution >= 0.6 is 0 Å². The molecule has 1 heterocycles. The van der Waals surface area contributed by atoms with Crippen LogP contribution in [-0.2, 0) is 6.42 Å². The average Bonchev–Trinajstić information content (AvgIpc) is 2.46. The standard InChI is InChI=1S/C10H12N2O/c11-8-1-2-10-7(5-8)6-9(12-10)3-4-13/h1-2,5-6,12-13H,3-4,11H2. The number of nitrogens with one attached hydrogen (secondary N) is 1. The van der Waals surface area contributed by atoms with Gasteiger partial charge in [-0.15, -0.1) is 0 Å². The molecule has 13 heavy (non-hydrogen) atoms. The number of hydrogen-bond acceptors (Lipinski definition) is 2. The highest BCUT2D eigenvalue weighted by Crippen LogP contribution is 2.18.